The lowest BCUT2D eigenvalue weighted by Gasteiger charge is -2.07. The number of hydrogen-bond acceptors (Lipinski definition) is 2. The van der Waals surface area contributed by atoms with Crippen molar-refractivity contribution in [2.45, 2.75) is 46.5 Å². The molecule has 1 unspecified atom stereocenters. The zero-order valence-electron chi connectivity index (χ0n) is 10.1. The van der Waals surface area contributed by atoms with Crippen LogP contribution in [0.25, 0.3) is 0 Å². The summed E-state index contributed by atoms with van der Waals surface area (Å²) in [5.74, 6) is 3.59. The lowest BCUT2D eigenvalue weighted by Crippen LogP contribution is -2.15. The Morgan fingerprint density at radius 2 is 1.93 bits per heavy atom. The molecule has 1 nitrogen and oxygen atoms in total. The zero-order valence-corrected chi connectivity index (χ0v) is 11.0. The molecule has 1 atom stereocenters. The van der Waals surface area contributed by atoms with E-state index in [1.807, 2.05) is 0 Å². The Bertz CT molecular complexity index is 106. The first-order chi connectivity index (χ1) is 6.81. The molecule has 0 aliphatic heterocycles. The molecular weight excluding hydrogens is 190 g/mol. The van der Waals surface area contributed by atoms with Crippen LogP contribution in [0.15, 0.2) is 0 Å². The van der Waals surface area contributed by atoms with E-state index in [-0.39, 0.29) is 0 Å². The third kappa shape index (κ3) is 10.4. The van der Waals surface area contributed by atoms with Crippen LogP contribution < -0.4 is 5.32 Å². The monoisotopic (exact) mass is 217 g/mol. The first kappa shape index (κ1) is 14.3. The van der Waals surface area contributed by atoms with Crippen LogP contribution in [0, 0.1) is 5.92 Å². The van der Waals surface area contributed by atoms with Crippen LogP contribution in [-0.4, -0.2) is 24.6 Å². The summed E-state index contributed by atoms with van der Waals surface area (Å²) in [6.07, 6.45) is 5.29. The van der Waals surface area contributed by atoms with E-state index in [0.29, 0.717) is 0 Å². The topological polar surface area (TPSA) is 12.0 Å². The first-order valence-electron chi connectivity index (χ1n) is 6.09. The van der Waals surface area contributed by atoms with Crippen LogP contribution in [0.1, 0.15) is 46.5 Å². The molecular formula is C12H27NS. The van der Waals surface area contributed by atoms with E-state index in [0.717, 1.165) is 5.92 Å². The number of rotatable bonds is 10. The lowest BCUT2D eigenvalue weighted by molar-refractivity contribution is 0.629. The second-order valence-corrected chi connectivity index (χ2v) is 5.20. The molecule has 0 aromatic rings. The van der Waals surface area contributed by atoms with Gasteiger partial charge in [0.2, 0.25) is 0 Å². The van der Waals surface area contributed by atoms with Crippen LogP contribution in [0.4, 0.5) is 0 Å². The molecule has 0 saturated carbocycles. The highest BCUT2D eigenvalue weighted by Gasteiger charge is 1.97. The van der Waals surface area contributed by atoms with Gasteiger partial charge in [0.25, 0.3) is 0 Å². The largest absolute Gasteiger partial charge is 0.317 e. The van der Waals surface area contributed by atoms with Crippen LogP contribution in [0.5, 0.6) is 0 Å². The summed E-state index contributed by atoms with van der Waals surface area (Å²) in [5.41, 5.74) is 0. The minimum absolute atomic E-state index is 0.901. The van der Waals surface area contributed by atoms with Crippen molar-refractivity contribution in [3.8, 4) is 0 Å². The molecule has 0 radical (unpaired) electrons. The van der Waals surface area contributed by atoms with Crippen LogP contribution in [0.2, 0.25) is 0 Å². The number of hydrogen-bond donors (Lipinski definition) is 1. The maximum atomic E-state index is 3.44. The molecule has 2 heteroatoms. The van der Waals surface area contributed by atoms with Crippen LogP contribution in [-0.2, 0) is 0 Å². The fourth-order valence-electron chi connectivity index (χ4n) is 1.16. The van der Waals surface area contributed by atoms with Gasteiger partial charge in [-0.2, -0.15) is 11.8 Å². The Morgan fingerprint density at radius 1 is 1.14 bits per heavy atom. The summed E-state index contributed by atoms with van der Waals surface area (Å²) in [6, 6.07) is 0. The Kier molecular flexibility index (Phi) is 11.6. The van der Waals surface area contributed by atoms with Crippen molar-refractivity contribution in [2.24, 2.45) is 5.92 Å². The maximum Gasteiger partial charge on any atom is -0.00419 e. The molecule has 0 heterocycles. The van der Waals surface area contributed by atoms with E-state index in [9.17, 15) is 0 Å². The minimum Gasteiger partial charge on any atom is -0.317 e. The van der Waals surface area contributed by atoms with Crippen molar-refractivity contribution in [2.75, 3.05) is 24.6 Å². The van der Waals surface area contributed by atoms with Crippen molar-refractivity contribution >= 4 is 11.8 Å². The average Bonchev–Trinajstić information content (AvgIpc) is 2.21. The van der Waals surface area contributed by atoms with Crippen molar-refractivity contribution < 1.29 is 0 Å². The van der Waals surface area contributed by atoms with Gasteiger partial charge < -0.3 is 5.32 Å². The predicted molar refractivity (Wildman–Crippen MR) is 69.2 cm³/mol. The van der Waals surface area contributed by atoms with Crippen LogP contribution in [0.3, 0.4) is 0 Å². The SMILES string of the molecule is CCCNCCCCSCC(C)CC. The molecule has 0 spiro atoms. The molecule has 1 N–H and O–H groups in total. The fraction of sp³-hybridized carbons (Fsp3) is 1.00. The van der Waals surface area contributed by atoms with E-state index >= 15 is 0 Å². The molecule has 0 aliphatic carbocycles. The molecule has 0 aromatic carbocycles. The Labute approximate surface area is 94.4 Å². The van der Waals surface area contributed by atoms with E-state index in [4.69, 9.17) is 0 Å². The Balaban J connectivity index is 2.92. The van der Waals surface area contributed by atoms with Crippen LogP contribution >= 0.6 is 11.8 Å². The number of nitrogens with one attached hydrogen (secondary N) is 1. The van der Waals surface area contributed by atoms with Gasteiger partial charge in [-0.1, -0.05) is 27.2 Å². The molecule has 0 amide bonds. The summed E-state index contributed by atoms with van der Waals surface area (Å²) in [6.45, 7) is 9.22. The van der Waals surface area contributed by atoms with E-state index in [1.165, 1.54) is 50.3 Å². The molecule has 86 valence electrons. The second kappa shape index (κ2) is 11.4. The first-order valence-corrected chi connectivity index (χ1v) is 7.25. The van der Waals surface area contributed by atoms with E-state index in [2.05, 4.69) is 37.8 Å². The normalized spacial score (nSPS) is 13.1. The highest BCUT2D eigenvalue weighted by molar-refractivity contribution is 7.99. The molecule has 0 fully saturated rings. The fourth-order valence-corrected chi connectivity index (χ4v) is 2.37. The summed E-state index contributed by atoms with van der Waals surface area (Å²) >= 11 is 2.12. The lowest BCUT2D eigenvalue weighted by atomic mass is 10.2. The van der Waals surface area contributed by atoms with Gasteiger partial charge in [0.1, 0.15) is 0 Å². The third-order valence-electron chi connectivity index (χ3n) is 2.42. The molecule has 0 rings (SSSR count). The minimum atomic E-state index is 0.901. The highest BCUT2D eigenvalue weighted by Crippen LogP contribution is 2.12. The molecule has 0 aromatic heterocycles. The zero-order chi connectivity index (χ0) is 10.6. The Hall–Kier alpha value is 0.310. The third-order valence-corrected chi connectivity index (χ3v) is 3.80. The molecule has 0 aliphatic rings. The van der Waals surface area contributed by atoms with Gasteiger partial charge in [-0.25, -0.2) is 0 Å². The summed E-state index contributed by atoms with van der Waals surface area (Å²) < 4.78 is 0. The van der Waals surface area contributed by atoms with E-state index in [1.54, 1.807) is 0 Å². The highest BCUT2D eigenvalue weighted by atomic mass is 32.2. The summed E-state index contributed by atoms with van der Waals surface area (Å²) in [5, 5.41) is 3.44. The molecule has 0 saturated heterocycles. The smallest absolute Gasteiger partial charge is 0.00419 e. The predicted octanol–water partition coefficient (Wildman–Crippen LogP) is 3.55. The summed E-state index contributed by atoms with van der Waals surface area (Å²) in [7, 11) is 0. The van der Waals surface area contributed by atoms with Crippen molar-refractivity contribution in [1.82, 2.24) is 5.32 Å². The number of unbranched alkanes of at least 4 members (excludes halogenated alkanes) is 1. The van der Waals surface area contributed by atoms with Gasteiger partial charge in [0.05, 0.1) is 0 Å². The van der Waals surface area contributed by atoms with Gasteiger partial charge in [-0.15, -0.1) is 0 Å². The second-order valence-electron chi connectivity index (χ2n) is 4.05. The van der Waals surface area contributed by atoms with Gasteiger partial charge >= 0.3 is 0 Å². The quantitative estimate of drug-likeness (QED) is 0.562. The Morgan fingerprint density at radius 3 is 2.57 bits per heavy atom. The van der Waals surface area contributed by atoms with Crippen molar-refractivity contribution in [1.29, 1.82) is 0 Å². The van der Waals surface area contributed by atoms with Crippen molar-refractivity contribution in [3.63, 3.8) is 0 Å². The average molecular weight is 217 g/mol. The molecule has 14 heavy (non-hydrogen) atoms. The van der Waals surface area contributed by atoms with Gasteiger partial charge in [0.15, 0.2) is 0 Å². The maximum absolute atomic E-state index is 3.44. The standard InChI is InChI=1S/C12H27NS/c1-4-8-13-9-6-7-10-14-11-12(3)5-2/h12-13H,4-11H2,1-3H3. The van der Waals surface area contributed by atoms with Gasteiger partial charge in [0, 0.05) is 0 Å². The van der Waals surface area contributed by atoms with Crippen molar-refractivity contribution in [3.05, 3.63) is 0 Å². The molecule has 0 bridgehead atoms. The van der Waals surface area contributed by atoms with Gasteiger partial charge in [-0.3, -0.25) is 0 Å². The van der Waals surface area contributed by atoms with E-state index < -0.39 is 0 Å². The van der Waals surface area contributed by atoms with Gasteiger partial charge in [-0.05, 0) is 49.8 Å². The number of thioether (sulfide) groups is 1. The summed E-state index contributed by atoms with van der Waals surface area (Å²) in [4.78, 5) is 0.